The zero-order valence-electron chi connectivity index (χ0n) is 9.91. The number of ketones is 1. The molecule has 3 aromatic carbocycles. The van der Waals surface area contributed by atoms with Gasteiger partial charge in [-0.1, -0.05) is 58.4 Å². The fraction of sp³-hybridized carbons (Fsp3) is 0.0625. The van der Waals surface area contributed by atoms with E-state index in [-0.39, 0.29) is 5.78 Å². The Kier molecular flexibility index (Phi) is 2.67. The molecule has 0 bridgehead atoms. The summed E-state index contributed by atoms with van der Waals surface area (Å²) in [5.41, 5.74) is 0.762. The first-order valence-corrected chi connectivity index (χ1v) is 6.58. The van der Waals surface area contributed by atoms with E-state index in [4.69, 9.17) is 0 Å². The normalized spacial score (nSPS) is 11.0. The molecule has 3 aromatic rings. The average Bonchev–Trinajstić information content (AvgIpc) is 2.37. The number of hydrogen-bond acceptors (Lipinski definition) is 1. The second-order valence-corrected chi connectivity index (χ2v) is 5.21. The van der Waals surface area contributed by atoms with E-state index in [9.17, 15) is 4.79 Å². The van der Waals surface area contributed by atoms with Crippen molar-refractivity contribution in [2.24, 2.45) is 0 Å². The highest BCUT2D eigenvalue weighted by Crippen LogP contribution is 2.31. The summed E-state index contributed by atoms with van der Waals surface area (Å²) in [4.78, 5) is 11.8. The van der Waals surface area contributed by atoms with Gasteiger partial charge in [-0.15, -0.1) is 0 Å². The Bertz CT molecular complexity index is 774. The third kappa shape index (κ3) is 1.65. The van der Waals surface area contributed by atoms with Gasteiger partial charge in [-0.05, 0) is 34.5 Å². The summed E-state index contributed by atoms with van der Waals surface area (Å²) in [5, 5.41) is 4.52. The number of fused-ring (bicyclic) bond motifs is 3. The number of carbonyl (C=O) groups is 1. The van der Waals surface area contributed by atoms with Crippen molar-refractivity contribution in [1.82, 2.24) is 0 Å². The molecular formula is C16H11BrO. The number of carbonyl (C=O) groups excluding carboxylic acids is 1. The molecule has 18 heavy (non-hydrogen) atoms. The minimum absolute atomic E-state index is 0.0859. The van der Waals surface area contributed by atoms with Gasteiger partial charge in [0.2, 0.25) is 0 Å². The van der Waals surface area contributed by atoms with Crippen LogP contribution < -0.4 is 0 Å². The van der Waals surface area contributed by atoms with E-state index in [0.717, 1.165) is 20.8 Å². The molecule has 0 spiro atoms. The highest BCUT2D eigenvalue weighted by Gasteiger charge is 2.11. The van der Waals surface area contributed by atoms with Gasteiger partial charge in [-0.2, -0.15) is 0 Å². The maximum Gasteiger partial charge on any atom is 0.161 e. The van der Waals surface area contributed by atoms with Gasteiger partial charge in [-0.25, -0.2) is 0 Å². The van der Waals surface area contributed by atoms with Crippen LogP contribution in [0, 0.1) is 0 Å². The second-order valence-electron chi connectivity index (χ2n) is 4.36. The van der Waals surface area contributed by atoms with Gasteiger partial charge in [0.25, 0.3) is 0 Å². The van der Waals surface area contributed by atoms with E-state index in [0.29, 0.717) is 0 Å². The van der Waals surface area contributed by atoms with Crippen LogP contribution in [-0.4, -0.2) is 5.78 Å². The molecule has 0 saturated heterocycles. The smallest absolute Gasteiger partial charge is 0.161 e. The van der Waals surface area contributed by atoms with E-state index >= 15 is 0 Å². The number of benzene rings is 3. The first-order chi connectivity index (χ1) is 8.68. The standard InChI is InChI=1S/C16H11BrO/c1-10(18)16-14-7-6-11-4-2-3-5-12(11)13(14)8-9-15(16)17/h2-9H,1H3. The summed E-state index contributed by atoms with van der Waals surface area (Å²) in [6.45, 7) is 1.61. The lowest BCUT2D eigenvalue weighted by Crippen LogP contribution is -1.95. The summed E-state index contributed by atoms with van der Waals surface area (Å²) >= 11 is 3.46. The molecule has 1 nitrogen and oxygen atoms in total. The van der Waals surface area contributed by atoms with Crippen LogP contribution in [0.4, 0.5) is 0 Å². The molecule has 3 rings (SSSR count). The van der Waals surface area contributed by atoms with Crippen molar-refractivity contribution in [3.8, 4) is 0 Å². The van der Waals surface area contributed by atoms with Crippen molar-refractivity contribution in [3.63, 3.8) is 0 Å². The van der Waals surface area contributed by atoms with Crippen molar-refractivity contribution >= 4 is 43.3 Å². The number of rotatable bonds is 1. The van der Waals surface area contributed by atoms with E-state index in [1.165, 1.54) is 10.8 Å². The SMILES string of the molecule is CC(=O)c1c(Br)ccc2c1ccc1ccccc12. The van der Waals surface area contributed by atoms with Gasteiger partial charge in [0.1, 0.15) is 0 Å². The van der Waals surface area contributed by atoms with Crippen molar-refractivity contribution in [2.45, 2.75) is 6.92 Å². The zero-order chi connectivity index (χ0) is 12.7. The zero-order valence-corrected chi connectivity index (χ0v) is 11.5. The lowest BCUT2D eigenvalue weighted by Gasteiger charge is -2.09. The third-order valence-electron chi connectivity index (χ3n) is 3.23. The quantitative estimate of drug-likeness (QED) is 0.458. The van der Waals surface area contributed by atoms with Crippen molar-refractivity contribution < 1.29 is 4.79 Å². The van der Waals surface area contributed by atoms with Gasteiger partial charge < -0.3 is 0 Å². The van der Waals surface area contributed by atoms with Crippen LogP contribution in [0.15, 0.2) is 53.0 Å². The largest absolute Gasteiger partial charge is 0.294 e. The van der Waals surface area contributed by atoms with Crippen LogP contribution in [0.5, 0.6) is 0 Å². The molecular weight excluding hydrogens is 288 g/mol. The van der Waals surface area contributed by atoms with E-state index in [1.54, 1.807) is 6.92 Å². The van der Waals surface area contributed by atoms with Crippen molar-refractivity contribution in [2.75, 3.05) is 0 Å². The summed E-state index contributed by atoms with van der Waals surface area (Å²) in [7, 11) is 0. The topological polar surface area (TPSA) is 17.1 Å². The number of Topliss-reactive ketones (excluding diaryl/α,β-unsaturated/α-hetero) is 1. The van der Waals surface area contributed by atoms with Gasteiger partial charge in [0, 0.05) is 10.0 Å². The minimum atomic E-state index is 0.0859. The Morgan fingerprint density at radius 3 is 2.39 bits per heavy atom. The van der Waals surface area contributed by atoms with Crippen LogP contribution >= 0.6 is 15.9 Å². The van der Waals surface area contributed by atoms with Crippen LogP contribution in [0.1, 0.15) is 17.3 Å². The monoisotopic (exact) mass is 298 g/mol. The Balaban J connectivity index is 2.55. The molecule has 0 heterocycles. The third-order valence-corrected chi connectivity index (χ3v) is 3.89. The highest BCUT2D eigenvalue weighted by molar-refractivity contribution is 9.10. The van der Waals surface area contributed by atoms with E-state index in [1.807, 2.05) is 24.3 Å². The molecule has 0 radical (unpaired) electrons. The Labute approximate surface area is 114 Å². The number of halogens is 1. The lowest BCUT2D eigenvalue weighted by atomic mass is 9.97. The molecule has 0 aliphatic rings. The average molecular weight is 299 g/mol. The fourth-order valence-corrected chi connectivity index (χ4v) is 3.04. The molecule has 0 N–H and O–H groups in total. The Hall–Kier alpha value is -1.67. The highest BCUT2D eigenvalue weighted by atomic mass is 79.9. The maximum absolute atomic E-state index is 11.8. The van der Waals surface area contributed by atoms with Crippen LogP contribution in [0.3, 0.4) is 0 Å². The Morgan fingerprint density at radius 2 is 1.61 bits per heavy atom. The van der Waals surface area contributed by atoms with Crippen LogP contribution in [-0.2, 0) is 0 Å². The molecule has 88 valence electrons. The Morgan fingerprint density at radius 1 is 0.889 bits per heavy atom. The molecule has 0 aromatic heterocycles. The van der Waals surface area contributed by atoms with Gasteiger partial charge >= 0.3 is 0 Å². The maximum atomic E-state index is 11.8. The van der Waals surface area contributed by atoms with Crippen molar-refractivity contribution in [3.05, 3.63) is 58.6 Å². The predicted octanol–water partition coefficient (Wildman–Crippen LogP) is 4.96. The van der Waals surface area contributed by atoms with E-state index in [2.05, 4.69) is 40.2 Å². The summed E-state index contributed by atoms with van der Waals surface area (Å²) in [6, 6.07) is 16.3. The van der Waals surface area contributed by atoms with E-state index < -0.39 is 0 Å². The molecule has 0 aliphatic carbocycles. The summed E-state index contributed by atoms with van der Waals surface area (Å²) < 4.78 is 0.859. The summed E-state index contributed by atoms with van der Waals surface area (Å²) in [5.74, 6) is 0.0859. The first-order valence-electron chi connectivity index (χ1n) is 5.79. The predicted molar refractivity (Wildman–Crippen MR) is 79.2 cm³/mol. The molecule has 0 amide bonds. The molecule has 0 unspecified atom stereocenters. The first kappa shape index (κ1) is 11.4. The molecule has 0 fully saturated rings. The molecule has 0 saturated carbocycles. The van der Waals surface area contributed by atoms with Crippen molar-refractivity contribution in [1.29, 1.82) is 0 Å². The lowest BCUT2D eigenvalue weighted by molar-refractivity contribution is 0.101. The summed E-state index contributed by atoms with van der Waals surface area (Å²) in [6.07, 6.45) is 0. The van der Waals surface area contributed by atoms with Gasteiger partial charge in [0.15, 0.2) is 5.78 Å². The minimum Gasteiger partial charge on any atom is -0.294 e. The number of hydrogen-bond donors (Lipinski definition) is 0. The van der Waals surface area contributed by atoms with Gasteiger partial charge in [0.05, 0.1) is 0 Å². The molecule has 0 aliphatic heterocycles. The van der Waals surface area contributed by atoms with Crippen LogP contribution in [0.2, 0.25) is 0 Å². The second kappa shape index (κ2) is 4.21. The molecule has 0 atom stereocenters. The fourth-order valence-electron chi connectivity index (χ4n) is 2.42. The molecule has 2 heteroatoms. The van der Waals surface area contributed by atoms with Crippen LogP contribution in [0.25, 0.3) is 21.5 Å². The van der Waals surface area contributed by atoms with Gasteiger partial charge in [-0.3, -0.25) is 4.79 Å².